The number of halogens is 2. The number of amides is 1. The molecule has 0 radical (unpaired) electrons. The van der Waals surface area contributed by atoms with E-state index in [1.165, 1.54) is 6.07 Å². The van der Waals surface area contributed by atoms with Crippen molar-refractivity contribution in [3.63, 3.8) is 0 Å². The van der Waals surface area contributed by atoms with Gasteiger partial charge in [-0.05, 0) is 25.5 Å². The van der Waals surface area contributed by atoms with Gasteiger partial charge in [0.2, 0.25) is 5.91 Å². The first-order chi connectivity index (χ1) is 7.50. The van der Waals surface area contributed by atoms with Gasteiger partial charge < -0.3 is 10.6 Å². The predicted octanol–water partition coefficient (Wildman–Crippen LogP) is 2.69. The number of carbonyl (C=O) groups excluding carboxylic acids is 1. The van der Waals surface area contributed by atoms with E-state index in [1.807, 2.05) is 6.92 Å². The van der Waals surface area contributed by atoms with Crippen LogP contribution in [0.5, 0.6) is 0 Å². The second kappa shape index (κ2) is 4.05. The van der Waals surface area contributed by atoms with Gasteiger partial charge in [-0.2, -0.15) is 0 Å². The molecular weight excluding hydrogens is 275 g/mol. The highest BCUT2D eigenvalue weighted by atomic mass is 79.9. The Kier molecular flexibility index (Phi) is 2.88. The standard InChI is InChI=1S/C11H12BrFN2O/c1-6-2-3-10(16)15(6)9-5-7(12)4-8(13)11(9)14/h4-6H,2-3,14H2,1H3/t6-/m1/s1. The molecule has 1 aliphatic rings. The normalized spacial score (nSPS) is 20.6. The summed E-state index contributed by atoms with van der Waals surface area (Å²) in [6.45, 7) is 1.93. The number of anilines is 2. The maximum absolute atomic E-state index is 13.5. The Labute approximate surface area is 102 Å². The molecule has 1 amide bonds. The molecule has 0 spiro atoms. The minimum Gasteiger partial charge on any atom is -0.395 e. The summed E-state index contributed by atoms with van der Waals surface area (Å²) in [7, 11) is 0. The van der Waals surface area contributed by atoms with Crippen molar-refractivity contribution in [2.24, 2.45) is 0 Å². The molecule has 0 saturated carbocycles. The second-order valence-corrected chi connectivity index (χ2v) is 4.89. The minimum atomic E-state index is -0.503. The Balaban J connectivity index is 2.51. The molecule has 5 heteroatoms. The van der Waals surface area contributed by atoms with Gasteiger partial charge in [0.15, 0.2) is 0 Å². The highest BCUT2D eigenvalue weighted by Gasteiger charge is 2.30. The third kappa shape index (κ3) is 1.80. The van der Waals surface area contributed by atoms with Crippen LogP contribution in [0.25, 0.3) is 0 Å². The highest BCUT2D eigenvalue weighted by molar-refractivity contribution is 9.10. The first-order valence-electron chi connectivity index (χ1n) is 5.07. The minimum absolute atomic E-state index is 0.00306. The van der Waals surface area contributed by atoms with Crippen LogP contribution in [-0.2, 0) is 4.79 Å². The molecule has 0 aliphatic carbocycles. The number of benzene rings is 1. The SMILES string of the molecule is C[C@@H]1CCC(=O)N1c1cc(Br)cc(F)c1N. The molecule has 0 aromatic heterocycles. The zero-order valence-electron chi connectivity index (χ0n) is 8.84. The van der Waals surface area contributed by atoms with Crippen molar-refractivity contribution < 1.29 is 9.18 Å². The fourth-order valence-corrected chi connectivity index (χ4v) is 2.39. The molecular formula is C11H12BrFN2O. The van der Waals surface area contributed by atoms with Gasteiger partial charge >= 0.3 is 0 Å². The number of carbonyl (C=O) groups is 1. The summed E-state index contributed by atoms with van der Waals surface area (Å²) in [4.78, 5) is 13.3. The van der Waals surface area contributed by atoms with Crippen molar-refractivity contribution in [1.82, 2.24) is 0 Å². The summed E-state index contributed by atoms with van der Waals surface area (Å²) in [6.07, 6.45) is 1.28. The van der Waals surface area contributed by atoms with Crippen LogP contribution < -0.4 is 10.6 Å². The fourth-order valence-electron chi connectivity index (χ4n) is 1.97. The lowest BCUT2D eigenvalue weighted by Gasteiger charge is -2.23. The average Bonchev–Trinajstić information content (AvgIpc) is 2.53. The Bertz CT molecular complexity index is 450. The van der Waals surface area contributed by atoms with Gasteiger partial charge in [0.05, 0.1) is 11.4 Å². The lowest BCUT2D eigenvalue weighted by molar-refractivity contribution is -0.117. The molecule has 86 valence electrons. The van der Waals surface area contributed by atoms with E-state index in [9.17, 15) is 9.18 Å². The lowest BCUT2D eigenvalue weighted by Crippen LogP contribution is -2.31. The molecule has 3 nitrogen and oxygen atoms in total. The van der Waals surface area contributed by atoms with Crippen LogP contribution >= 0.6 is 15.9 Å². The molecule has 1 saturated heterocycles. The Morgan fingerprint density at radius 1 is 1.56 bits per heavy atom. The van der Waals surface area contributed by atoms with Crippen molar-refractivity contribution in [3.05, 3.63) is 22.4 Å². The highest BCUT2D eigenvalue weighted by Crippen LogP contribution is 2.35. The number of hydrogen-bond acceptors (Lipinski definition) is 2. The van der Waals surface area contributed by atoms with Crippen molar-refractivity contribution in [2.75, 3.05) is 10.6 Å². The monoisotopic (exact) mass is 286 g/mol. The molecule has 1 fully saturated rings. The van der Waals surface area contributed by atoms with E-state index in [0.717, 1.165) is 6.42 Å². The molecule has 16 heavy (non-hydrogen) atoms. The van der Waals surface area contributed by atoms with Gasteiger partial charge in [0.1, 0.15) is 5.82 Å². The maximum Gasteiger partial charge on any atom is 0.227 e. The van der Waals surface area contributed by atoms with Crippen molar-refractivity contribution in [2.45, 2.75) is 25.8 Å². The Hall–Kier alpha value is -1.10. The van der Waals surface area contributed by atoms with E-state index in [1.54, 1.807) is 11.0 Å². The molecule has 2 rings (SSSR count). The number of nitrogen functional groups attached to an aromatic ring is 1. The first kappa shape index (κ1) is 11.4. The van der Waals surface area contributed by atoms with Crippen LogP contribution in [0.2, 0.25) is 0 Å². The van der Waals surface area contributed by atoms with E-state index in [0.29, 0.717) is 16.6 Å². The summed E-state index contributed by atoms with van der Waals surface area (Å²) in [5.41, 5.74) is 6.16. The third-order valence-corrected chi connectivity index (χ3v) is 3.28. The first-order valence-corrected chi connectivity index (χ1v) is 5.86. The predicted molar refractivity (Wildman–Crippen MR) is 64.7 cm³/mol. The molecule has 2 N–H and O–H groups in total. The summed E-state index contributed by atoms with van der Waals surface area (Å²) in [5, 5.41) is 0. The van der Waals surface area contributed by atoms with Gasteiger partial charge in [-0.15, -0.1) is 0 Å². The van der Waals surface area contributed by atoms with Crippen LogP contribution in [0, 0.1) is 5.82 Å². The lowest BCUT2D eigenvalue weighted by atomic mass is 10.2. The van der Waals surface area contributed by atoms with E-state index < -0.39 is 5.82 Å². The van der Waals surface area contributed by atoms with E-state index in [-0.39, 0.29) is 17.6 Å². The number of hydrogen-bond donors (Lipinski definition) is 1. The molecule has 1 aliphatic heterocycles. The second-order valence-electron chi connectivity index (χ2n) is 3.97. The van der Waals surface area contributed by atoms with Gasteiger partial charge in [-0.25, -0.2) is 4.39 Å². The number of nitrogens with two attached hydrogens (primary N) is 1. The summed E-state index contributed by atoms with van der Waals surface area (Å²) in [6, 6.07) is 3.05. The Morgan fingerprint density at radius 2 is 2.25 bits per heavy atom. The fraction of sp³-hybridized carbons (Fsp3) is 0.364. The smallest absolute Gasteiger partial charge is 0.227 e. The van der Waals surface area contributed by atoms with E-state index >= 15 is 0 Å². The largest absolute Gasteiger partial charge is 0.395 e. The van der Waals surface area contributed by atoms with Crippen LogP contribution in [0.1, 0.15) is 19.8 Å². The van der Waals surface area contributed by atoms with Gasteiger partial charge in [-0.3, -0.25) is 4.79 Å². The molecule has 1 atom stereocenters. The molecule has 1 heterocycles. The van der Waals surface area contributed by atoms with Gasteiger partial charge in [-0.1, -0.05) is 15.9 Å². The number of nitrogens with zero attached hydrogens (tertiary/aromatic N) is 1. The maximum atomic E-state index is 13.5. The van der Waals surface area contributed by atoms with Crippen LogP contribution in [-0.4, -0.2) is 11.9 Å². The average molecular weight is 287 g/mol. The number of rotatable bonds is 1. The van der Waals surface area contributed by atoms with E-state index in [4.69, 9.17) is 5.73 Å². The zero-order chi connectivity index (χ0) is 11.9. The van der Waals surface area contributed by atoms with Crippen molar-refractivity contribution in [1.29, 1.82) is 0 Å². The zero-order valence-corrected chi connectivity index (χ0v) is 10.4. The summed E-state index contributed by atoms with van der Waals surface area (Å²) < 4.78 is 14.0. The van der Waals surface area contributed by atoms with Crippen LogP contribution in [0.3, 0.4) is 0 Å². The van der Waals surface area contributed by atoms with Gasteiger partial charge in [0, 0.05) is 16.9 Å². The summed E-state index contributed by atoms with van der Waals surface area (Å²) in [5.74, 6) is -0.507. The molecule has 0 bridgehead atoms. The van der Waals surface area contributed by atoms with Crippen molar-refractivity contribution >= 4 is 33.2 Å². The van der Waals surface area contributed by atoms with E-state index in [2.05, 4.69) is 15.9 Å². The van der Waals surface area contributed by atoms with Crippen molar-refractivity contribution in [3.8, 4) is 0 Å². The molecule has 0 unspecified atom stereocenters. The quantitative estimate of drug-likeness (QED) is 0.807. The molecule has 1 aromatic rings. The summed E-state index contributed by atoms with van der Waals surface area (Å²) >= 11 is 3.20. The molecule has 1 aromatic carbocycles. The third-order valence-electron chi connectivity index (χ3n) is 2.82. The van der Waals surface area contributed by atoms with Gasteiger partial charge in [0.25, 0.3) is 0 Å². The Morgan fingerprint density at radius 3 is 2.81 bits per heavy atom. The van der Waals surface area contributed by atoms with Crippen LogP contribution in [0.15, 0.2) is 16.6 Å². The topological polar surface area (TPSA) is 46.3 Å². The van der Waals surface area contributed by atoms with Crippen LogP contribution in [0.4, 0.5) is 15.8 Å².